The third kappa shape index (κ3) is 5.03. The number of hydrogen-bond donors (Lipinski definition) is 0. The van der Waals surface area contributed by atoms with E-state index in [0.29, 0.717) is 37.3 Å². The van der Waals surface area contributed by atoms with Crippen molar-refractivity contribution in [3.05, 3.63) is 47.1 Å². The fraction of sp³-hybridized carbons (Fsp3) is 0.333. The normalized spacial score (nSPS) is 14.5. The number of nitrogens with zero attached hydrogens (tertiary/aromatic N) is 2. The maximum atomic E-state index is 12.7. The molecule has 1 aromatic heterocycles. The lowest BCUT2D eigenvalue weighted by Gasteiger charge is -2.16. The van der Waals surface area contributed by atoms with Crippen LogP contribution in [0.3, 0.4) is 0 Å². The fourth-order valence-corrected chi connectivity index (χ4v) is 2.81. The van der Waals surface area contributed by atoms with Gasteiger partial charge < -0.3 is 14.4 Å². The molecule has 1 aliphatic heterocycles. The van der Waals surface area contributed by atoms with E-state index >= 15 is 0 Å². The molecule has 0 radical (unpaired) electrons. The van der Waals surface area contributed by atoms with E-state index < -0.39 is 11.7 Å². The Morgan fingerprint density at radius 1 is 1.22 bits per heavy atom. The van der Waals surface area contributed by atoms with Crippen LogP contribution in [0.1, 0.15) is 18.4 Å². The van der Waals surface area contributed by atoms with Gasteiger partial charge in [0.15, 0.2) is 0 Å². The van der Waals surface area contributed by atoms with Gasteiger partial charge in [0.1, 0.15) is 23.1 Å². The van der Waals surface area contributed by atoms with Crippen molar-refractivity contribution in [3.63, 3.8) is 0 Å². The zero-order valence-corrected chi connectivity index (χ0v) is 14.9. The molecular weight excluding hydrogens is 385 g/mol. The van der Waals surface area contributed by atoms with Crippen LogP contribution in [-0.4, -0.2) is 35.5 Å². The summed E-state index contributed by atoms with van der Waals surface area (Å²) in [4.78, 5) is 16.9. The largest absolute Gasteiger partial charge is 0.492 e. The van der Waals surface area contributed by atoms with Crippen LogP contribution in [0.2, 0.25) is 5.02 Å². The molecule has 0 N–H and O–H groups in total. The van der Waals surface area contributed by atoms with Gasteiger partial charge in [-0.05, 0) is 24.6 Å². The van der Waals surface area contributed by atoms with E-state index in [0.717, 1.165) is 19.0 Å². The molecule has 1 fully saturated rings. The second-order valence-corrected chi connectivity index (χ2v) is 6.33. The minimum atomic E-state index is -4.53. The zero-order valence-electron chi connectivity index (χ0n) is 14.1. The molecule has 0 aliphatic carbocycles. The molecule has 0 atom stereocenters. The van der Waals surface area contributed by atoms with Crippen LogP contribution in [0.25, 0.3) is 0 Å². The molecule has 27 heavy (non-hydrogen) atoms. The van der Waals surface area contributed by atoms with Crippen molar-refractivity contribution in [2.24, 2.45) is 0 Å². The van der Waals surface area contributed by atoms with Crippen molar-refractivity contribution in [3.8, 4) is 17.4 Å². The molecule has 5 nitrogen and oxygen atoms in total. The minimum absolute atomic E-state index is 0.124. The van der Waals surface area contributed by atoms with Crippen LogP contribution in [0.4, 0.5) is 13.2 Å². The highest BCUT2D eigenvalue weighted by Gasteiger charge is 2.31. The lowest BCUT2D eigenvalue weighted by Crippen LogP contribution is -2.29. The van der Waals surface area contributed by atoms with Gasteiger partial charge in [-0.15, -0.1) is 0 Å². The number of alkyl halides is 3. The second-order valence-electron chi connectivity index (χ2n) is 5.92. The molecule has 2 aromatic rings. The molecule has 0 unspecified atom stereocenters. The zero-order chi connectivity index (χ0) is 19.4. The van der Waals surface area contributed by atoms with Crippen LogP contribution in [-0.2, 0) is 11.0 Å². The number of rotatable bonds is 6. The summed E-state index contributed by atoms with van der Waals surface area (Å²) in [7, 11) is 0. The van der Waals surface area contributed by atoms with Gasteiger partial charge in [-0.25, -0.2) is 4.98 Å². The van der Waals surface area contributed by atoms with E-state index in [4.69, 9.17) is 21.1 Å². The SMILES string of the molecule is O=C1CCCN1CCOc1cccc(Oc2ncc(C(F)(F)F)cc2Cl)c1. The molecule has 3 rings (SSSR count). The Balaban J connectivity index is 1.61. The van der Waals surface area contributed by atoms with Crippen LogP contribution in [0.15, 0.2) is 36.5 Å². The molecule has 1 aliphatic rings. The van der Waals surface area contributed by atoms with Gasteiger partial charge in [-0.1, -0.05) is 17.7 Å². The number of benzene rings is 1. The summed E-state index contributed by atoms with van der Waals surface area (Å²) < 4.78 is 49.0. The van der Waals surface area contributed by atoms with Crippen molar-refractivity contribution < 1.29 is 27.4 Å². The highest BCUT2D eigenvalue weighted by Crippen LogP contribution is 2.35. The first-order valence-electron chi connectivity index (χ1n) is 8.24. The molecule has 1 aromatic carbocycles. The summed E-state index contributed by atoms with van der Waals surface area (Å²) >= 11 is 5.84. The Labute approximate surface area is 158 Å². The lowest BCUT2D eigenvalue weighted by molar-refractivity contribution is -0.137. The number of halogens is 4. The van der Waals surface area contributed by atoms with E-state index in [1.54, 1.807) is 29.2 Å². The lowest BCUT2D eigenvalue weighted by atomic mass is 10.3. The number of likely N-dealkylation sites (tertiary alicyclic amines) is 1. The van der Waals surface area contributed by atoms with Crippen molar-refractivity contribution in [1.29, 1.82) is 0 Å². The van der Waals surface area contributed by atoms with Crippen LogP contribution < -0.4 is 9.47 Å². The first kappa shape index (κ1) is 19.3. The van der Waals surface area contributed by atoms with Gasteiger partial charge in [0.05, 0.1) is 12.1 Å². The Morgan fingerprint density at radius 3 is 2.67 bits per heavy atom. The van der Waals surface area contributed by atoms with E-state index in [1.165, 1.54) is 0 Å². The average molecular weight is 401 g/mol. The monoisotopic (exact) mass is 400 g/mol. The molecule has 0 bridgehead atoms. The number of aromatic nitrogens is 1. The van der Waals surface area contributed by atoms with Crippen molar-refractivity contribution in [1.82, 2.24) is 9.88 Å². The van der Waals surface area contributed by atoms with Crippen molar-refractivity contribution >= 4 is 17.5 Å². The van der Waals surface area contributed by atoms with E-state index in [2.05, 4.69) is 4.98 Å². The third-order valence-electron chi connectivity index (χ3n) is 3.96. The van der Waals surface area contributed by atoms with E-state index in [1.807, 2.05) is 0 Å². The Hall–Kier alpha value is -2.48. The molecule has 1 saturated heterocycles. The summed E-state index contributed by atoms with van der Waals surface area (Å²) in [6.07, 6.45) is -2.43. The molecule has 9 heteroatoms. The van der Waals surface area contributed by atoms with Crippen LogP contribution >= 0.6 is 11.6 Å². The highest BCUT2D eigenvalue weighted by molar-refractivity contribution is 6.31. The second kappa shape index (κ2) is 8.04. The minimum Gasteiger partial charge on any atom is -0.492 e. The topological polar surface area (TPSA) is 51.7 Å². The van der Waals surface area contributed by atoms with Crippen molar-refractivity contribution in [2.75, 3.05) is 19.7 Å². The summed E-state index contributed by atoms with van der Waals surface area (Å²) in [6.45, 7) is 1.56. The van der Waals surface area contributed by atoms with Gasteiger partial charge in [-0.3, -0.25) is 4.79 Å². The van der Waals surface area contributed by atoms with Crippen molar-refractivity contribution in [2.45, 2.75) is 19.0 Å². The van der Waals surface area contributed by atoms with E-state index in [9.17, 15) is 18.0 Å². The van der Waals surface area contributed by atoms with Crippen LogP contribution in [0.5, 0.6) is 17.4 Å². The fourth-order valence-electron chi connectivity index (χ4n) is 2.61. The quantitative estimate of drug-likeness (QED) is 0.714. The van der Waals surface area contributed by atoms with Gasteiger partial charge in [0.2, 0.25) is 11.8 Å². The number of carbonyl (C=O) groups excluding carboxylic acids is 1. The average Bonchev–Trinajstić information content (AvgIpc) is 3.01. The van der Waals surface area contributed by atoms with Gasteiger partial charge >= 0.3 is 6.18 Å². The predicted octanol–water partition coefficient (Wildman–Crippen LogP) is 4.55. The Morgan fingerprint density at radius 2 is 2.00 bits per heavy atom. The smallest absolute Gasteiger partial charge is 0.417 e. The predicted molar refractivity (Wildman–Crippen MR) is 92.1 cm³/mol. The highest BCUT2D eigenvalue weighted by atomic mass is 35.5. The van der Waals surface area contributed by atoms with Gasteiger partial charge in [0, 0.05) is 25.2 Å². The first-order valence-corrected chi connectivity index (χ1v) is 8.62. The Bertz CT molecular complexity index is 830. The summed E-state index contributed by atoms with van der Waals surface area (Å²) in [6, 6.07) is 7.31. The summed E-state index contributed by atoms with van der Waals surface area (Å²) in [5.41, 5.74) is -0.951. The van der Waals surface area contributed by atoms with Crippen LogP contribution in [0, 0.1) is 0 Å². The number of ether oxygens (including phenoxy) is 2. The molecule has 144 valence electrons. The third-order valence-corrected chi connectivity index (χ3v) is 4.23. The number of carbonyl (C=O) groups is 1. The first-order chi connectivity index (χ1) is 12.8. The maximum Gasteiger partial charge on any atom is 0.417 e. The molecular formula is C18H16ClF3N2O3. The molecule has 1 amide bonds. The Kier molecular flexibility index (Phi) is 5.74. The van der Waals surface area contributed by atoms with E-state index in [-0.39, 0.29) is 16.8 Å². The molecule has 2 heterocycles. The number of hydrogen-bond acceptors (Lipinski definition) is 4. The number of amides is 1. The molecule has 0 spiro atoms. The summed E-state index contributed by atoms with van der Waals surface area (Å²) in [5, 5.41) is -0.247. The maximum absolute atomic E-state index is 12.7. The molecule has 0 saturated carbocycles. The number of pyridine rings is 1. The van der Waals surface area contributed by atoms with Gasteiger partial charge in [0.25, 0.3) is 0 Å². The summed E-state index contributed by atoms with van der Waals surface area (Å²) in [5.74, 6) is 0.810. The van der Waals surface area contributed by atoms with Gasteiger partial charge in [-0.2, -0.15) is 13.2 Å². The standard InChI is InChI=1S/C18H16ClF3N2O3/c19-15-9-12(18(20,21)22)11-23-17(15)27-14-4-1-3-13(10-14)26-8-7-24-6-2-5-16(24)25/h1,3-4,9-11H,2,5-8H2.